The zero-order chi connectivity index (χ0) is 10.8. The van der Waals surface area contributed by atoms with Crippen LogP contribution in [0.15, 0.2) is 42.0 Å². The molecule has 3 heterocycles. The Labute approximate surface area is 96.0 Å². The van der Waals surface area contributed by atoms with Crippen molar-refractivity contribution < 1.29 is 0 Å². The average molecular weight is 228 g/mol. The van der Waals surface area contributed by atoms with E-state index in [1.54, 1.807) is 23.7 Å². The van der Waals surface area contributed by atoms with Gasteiger partial charge < -0.3 is 0 Å². The Balaban J connectivity index is 2.00. The van der Waals surface area contributed by atoms with E-state index in [2.05, 4.69) is 20.2 Å². The second-order valence-electron chi connectivity index (χ2n) is 3.22. The van der Waals surface area contributed by atoms with Crippen LogP contribution in [0.25, 0.3) is 22.1 Å². The number of H-pyrrole nitrogens is 1. The van der Waals surface area contributed by atoms with E-state index in [1.807, 2.05) is 29.6 Å². The molecule has 3 aromatic heterocycles. The Morgan fingerprint density at radius 3 is 2.75 bits per heavy atom. The summed E-state index contributed by atoms with van der Waals surface area (Å²) < 4.78 is 0. The van der Waals surface area contributed by atoms with Crippen molar-refractivity contribution in [2.24, 2.45) is 0 Å². The second-order valence-corrected chi connectivity index (χ2v) is 4.17. The van der Waals surface area contributed by atoms with Gasteiger partial charge in [0, 0.05) is 18.0 Å². The number of aromatic amines is 1. The predicted molar refractivity (Wildman–Crippen MR) is 62.9 cm³/mol. The van der Waals surface area contributed by atoms with Crippen LogP contribution < -0.4 is 0 Å². The highest BCUT2D eigenvalue weighted by atomic mass is 32.1. The molecule has 16 heavy (non-hydrogen) atoms. The van der Waals surface area contributed by atoms with Gasteiger partial charge in [0.15, 0.2) is 11.6 Å². The van der Waals surface area contributed by atoms with Crippen LogP contribution in [0.5, 0.6) is 0 Å². The molecule has 78 valence electrons. The lowest BCUT2D eigenvalue weighted by molar-refractivity contribution is 1.10. The van der Waals surface area contributed by atoms with Crippen LogP contribution in [-0.2, 0) is 0 Å². The first-order chi connectivity index (χ1) is 7.93. The molecule has 0 aliphatic carbocycles. The third-order valence-corrected chi connectivity index (χ3v) is 3.06. The molecule has 0 saturated heterocycles. The van der Waals surface area contributed by atoms with Crippen molar-refractivity contribution in [1.29, 1.82) is 0 Å². The first-order valence-electron chi connectivity index (χ1n) is 4.80. The third-order valence-electron chi connectivity index (χ3n) is 2.18. The van der Waals surface area contributed by atoms with Crippen molar-refractivity contribution in [2.45, 2.75) is 0 Å². The number of hydrogen-bond acceptors (Lipinski definition) is 4. The summed E-state index contributed by atoms with van der Waals surface area (Å²) in [6, 6.07) is 7.79. The van der Waals surface area contributed by atoms with E-state index in [9.17, 15) is 0 Å². The number of nitrogens with one attached hydrogen (secondary N) is 1. The Morgan fingerprint density at radius 1 is 1.12 bits per heavy atom. The molecule has 3 aromatic rings. The maximum Gasteiger partial charge on any atom is 0.181 e. The van der Waals surface area contributed by atoms with E-state index in [0.29, 0.717) is 5.82 Å². The number of nitrogens with zero attached hydrogens (tertiary/aromatic N) is 3. The first-order valence-corrected chi connectivity index (χ1v) is 5.68. The van der Waals surface area contributed by atoms with E-state index >= 15 is 0 Å². The Morgan fingerprint density at radius 2 is 2.00 bits per heavy atom. The van der Waals surface area contributed by atoms with Crippen molar-refractivity contribution in [2.75, 3.05) is 0 Å². The fourth-order valence-electron chi connectivity index (χ4n) is 1.42. The molecule has 0 radical (unpaired) electrons. The summed E-state index contributed by atoms with van der Waals surface area (Å²) in [6.45, 7) is 0. The van der Waals surface area contributed by atoms with Gasteiger partial charge in [0.25, 0.3) is 0 Å². The monoisotopic (exact) mass is 228 g/mol. The summed E-state index contributed by atoms with van der Waals surface area (Å²) in [6.07, 6.45) is 3.47. The summed E-state index contributed by atoms with van der Waals surface area (Å²) in [7, 11) is 0. The molecular weight excluding hydrogens is 220 g/mol. The summed E-state index contributed by atoms with van der Waals surface area (Å²) in [5.41, 5.74) is 0.967. The maximum atomic E-state index is 4.44. The molecule has 5 heteroatoms. The van der Waals surface area contributed by atoms with Crippen molar-refractivity contribution in [3.63, 3.8) is 0 Å². The summed E-state index contributed by atoms with van der Waals surface area (Å²) in [5.74, 6) is 1.51. The van der Waals surface area contributed by atoms with Crippen LogP contribution in [0.3, 0.4) is 0 Å². The normalized spacial score (nSPS) is 10.5. The molecule has 1 N–H and O–H groups in total. The minimum Gasteiger partial charge on any atom is -0.265 e. The smallest absolute Gasteiger partial charge is 0.181 e. The van der Waals surface area contributed by atoms with Gasteiger partial charge in [0.2, 0.25) is 0 Å². The minimum atomic E-state index is 0.700. The topological polar surface area (TPSA) is 54.5 Å². The fourth-order valence-corrected chi connectivity index (χ4v) is 2.08. The van der Waals surface area contributed by atoms with E-state index in [1.165, 1.54) is 0 Å². The van der Waals surface area contributed by atoms with E-state index < -0.39 is 0 Å². The van der Waals surface area contributed by atoms with Gasteiger partial charge in [-0.15, -0.1) is 11.3 Å². The molecule has 0 saturated carbocycles. The predicted octanol–water partition coefficient (Wildman–Crippen LogP) is 2.60. The quantitative estimate of drug-likeness (QED) is 0.733. The number of thiophene rings is 1. The Kier molecular flexibility index (Phi) is 2.23. The first kappa shape index (κ1) is 9.23. The van der Waals surface area contributed by atoms with Crippen LogP contribution >= 0.6 is 11.3 Å². The largest absolute Gasteiger partial charge is 0.265 e. The van der Waals surface area contributed by atoms with Crippen molar-refractivity contribution in [3.8, 4) is 22.1 Å². The van der Waals surface area contributed by atoms with E-state index in [4.69, 9.17) is 0 Å². The zero-order valence-electron chi connectivity index (χ0n) is 8.29. The Hall–Kier alpha value is -2.01. The summed E-state index contributed by atoms with van der Waals surface area (Å²) >= 11 is 1.64. The maximum absolute atomic E-state index is 4.44. The van der Waals surface area contributed by atoms with Gasteiger partial charge in [-0.25, -0.2) is 4.98 Å². The SMILES string of the molecule is c1csc(-c2nc(-c3ccncc3)n[nH]2)c1. The lowest BCUT2D eigenvalue weighted by Crippen LogP contribution is -1.80. The van der Waals surface area contributed by atoms with Crippen LogP contribution in [0.2, 0.25) is 0 Å². The van der Waals surface area contributed by atoms with Gasteiger partial charge in [-0.1, -0.05) is 6.07 Å². The highest BCUT2D eigenvalue weighted by Gasteiger charge is 2.07. The fraction of sp³-hybridized carbons (Fsp3) is 0. The van der Waals surface area contributed by atoms with Crippen LogP contribution in [0.1, 0.15) is 0 Å². The highest BCUT2D eigenvalue weighted by Crippen LogP contribution is 2.23. The van der Waals surface area contributed by atoms with Crippen molar-refractivity contribution in [1.82, 2.24) is 20.2 Å². The molecule has 0 atom stereocenters. The standard InChI is InChI=1S/C11H8N4S/c1-2-9(16-7-1)11-13-10(14-15-11)8-3-5-12-6-4-8/h1-7H,(H,13,14,15). The molecule has 0 fully saturated rings. The molecule has 0 spiro atoms. The third kappa shape index (κ3) is 1.61. The van der Waals surface area contributed by atoms with Gasteiger partial charge in [0.05, 0.1) is 4.88 Å². The van der Waals surface area contributed by atoms with Gasteiger partial charge in [0.1, 0.15) is 0 Å². The number of rotatable bonds is 2. The average Bonchev–Trinajstić information content (AvgIpc) is 3.01. The van der Waals surface area contributed by atoms with Gasteiger partial charge in [-0.05, 0) is 23.6 Å². The van der Waals surface area contributed by atoms with Crippen molar-refractivity contribution >= 4 is 11.3 Å². The van der Waals surface area contributed by atoms with Crippen molar-refractivity contribution in [3.05, 3.63) is 42.0 Å². The Bertz CT molecular complexity index is 571. The highest BCUT2D eigenvalue weighted by molar-refractivity contribution is 7.13. The lowest BCUT2D eigenvalue weighted by atomic mass is 10.2. The van der Waals surface area contributed by atoms with E-state index in [-0.39, 0.29) is 0 Å². The molecule has 0 aromatic carbocycles. The molecule has 0 bridgehead atoms. The molecule has 0 unspecified atom stereocenters. The lowest BCUT2D eigenvalue weighted by Gasteiger charge is -1.91. The van der Waals surface area contributed by atoms with Crippen LogP contribution in [0, 0.1) is 0 Å². The van der Waals surface area contributed by atoms with Gasteiger partial charge in [-0.2, -0.15) is 5.10 Å². The molecular formula is C11H8N4S. The minimum absolute atomic E-state index is 0.700. The summed E-state index contributed by atoms with van der Waals surface area (Å²) in [5, 5.41) is 9.14. The molecule has 0 amide bonds. The molecule has 0 aliphatic rings. The van der Waals surface area contributed by atoms with Crippen LogP contribution in [-0.4, -0.2) is 20.2 Å². The number of hydrogen-bond donors (Lipinski definition) is 1. The second kappa shape index (κ2) is 3.86. The molecule has 4 nitrogen and oxygen atoms in total. The zero-order valence-corrected chi connectivity index (χ0v) is 9.11. The molecule has 0 aliphatic heterocycles. The van der Waals surface area contributed by atoms with E-state index in [0.717, 1.165) is 16.3 Å². The number of pyridine rings is 1. The van der Waals surface area contributed by atoms with Crippen LogP contribution in [0.4, 0.5) is 0 Å². The summed E-state index contributed by atoms with van der Waals surface area (Å²) in [4.78, 5) is 9.49. The van der Waals surface area contributed by atoms with Gasteiger partial charge >= 0.3 is 0 Å². The van der Waals surface area contributed by atoms with Gasteiger partial charge in [-0.3, -0.25) is 10.1 Å². The number of aromatic nitrogens is 4. The molecule has 3 rings (SSSR count).